The highest BCUT2D eigenvalue weighted by molar-refractivity contribution is 5.73. The van der Waals surface area contributed by atoms with Crippen molar-refractivity contribution in [2.75, 3.05) is 27.2 Å². The van der Waals surface area contributed by atoms with Gasteiger partial charge in [0.25, 0.3) is 0 Å². The predicted molar refractivity (Wildman–Crippen MR) is 86.4 cm³/mol. The lowest BCUT2D eigenvalue weighted by Gasteiger charge is -2.35. The molecule has 4 heteroatoms. The van der Waals surface area contributed by atoms with Gasteiger partial charge in [-0.2, -0.15) is 0 Å². The predicted octanol–water partition coefficient (Wildman–Crippen LogP) is 2.79. The SMILES string of the molecule is Cc1ccccc1C(C)NC1CCN(C(=O)N(C)C)CC1. The third-order valence-electron chi connectivity index (χ3n) is 4.29. The van der Waals surface area contributed by atoms with Crippen molar-refractivity contribution >= 4 is 6.03 Å². The Morgan fingerprint density at radius 1 is 1.29 bits per heavy atom. The minimum Gasteiger partial charge on any atom is -0.331 e. The van der Waals surface area contributed by atoms with E-state index in [1.54, 1.807) is 4.90 Å². The Morgan fingerprint density at radius 2 is 1.90 bits per heavy atom. The molecule has 1 heterocycles. The first-order chi connectivity index (χ1) is 9.99. The van der Waals surface area contributed by atoms with E-state index in [1.165, 1.54) is 11.1 Å². The molecular formula is C17H27N3O. The fourth-order valence-corrected chi connectivity index (χ4v) is 3.04. The summed E-state index contributed by atoms with van der Waals surface area (Å²) in [7, 11) is 3.62. The van der Waals surface area contributed by atoms with Crippen molar-refractivity contribution in [3.8, 4) is 0 Å². The number of carbonyl (C=O) groups is 1. The lowest BCUT2D eigenvalue weighted by atomic mass is 9.99. The molecule has 1 fully saturated rings. The van der Waals surface area contributed by atoms with Gasteiger partial charge in [0, 0.05) is 39.3 Å². The number of carbonyl (C=O) groups excluding carboxylic acids is 1. The number of likely N-dealkylation sites (tertiary alicyclic amines) is 1. The first-order valence-electron chi connectivity index (χ1n) is 7.77. The second-order valence-corrected chi connectivity index (χ2v) is 6.18. The maximum Gasteiger partial charge on any atom is 0.319 e. The normalized spacial score (nSPS) is 17.6. The van der Waals surface area contributed by atoms with E-state index in [1.807, 2.05) is 19.0 Å². The second-order valence-electron chi connectivity index (χ2n) is 6.18. The molecule has 2 amide bonds. The average molecular weight is 289 g/mol. The smallest absolute Gasteiger partial charge is 0.319 e. The van der Waals surface area contributed by atoms with Crippen LogP contribution in [0.1, 0.15) is 36.9 Å². The maximum absolute atomic E-state index is 11.9. The molecule has 1 unspecified atom stereocenters. The van der Waals surface area contributed by atoms with Gasteiger partial charge in [-0.1, -0.05) is 24.3 Å². The molecule has 0 aromatic heterocycles. The quantitative estimate of drug-likeness (QED) is 0.928. The van der Waals surface area contributed by atoms with Gasteiger partial charge < -0.3 is 15.1 Å². The van der Waals surface area contributed by atoms with Crippen molar-refractivity contribution in [1.82, 2.24) is 15.1 Å². The van der Waals surface area contributed by atoms with Crippen LogP contribution in [0.2, 0.25) is 0 Å². The average Bonchev–Trinajstić information content (AvgIpc) is 2.47. The molecule has 1 atom stereocenters. The molecule has 1 aromatic carbocycles. The van der Waals surface area contributed by atoms with Gasteiger partial charge in [0.1, 0.15) is 0 Å². The topological polar surface area (TPSA) is 35.6 Å². The van der Waals surface area contributed by atoms with E-state index in [2.05, 4.69) is 43.4 Å². The molecule has 0 saturated carbocycles. The Kier molecular flexibility index (Phi) is 5.23. The number of piperidine rings is 1. The van der Waals surface area contributed by atoms with Crippen molar-refractivity contribution in [3.63, 3.8) is 0 Å². The van der Waals surface area contributed by atoms with Gasteiger partial charge in [-0.15, -0.1) is 0 Å². The fourth-order valence-electron chi connectivity index (χ4n) is 3.04. The number of rotatable bonds is 3. The van der Waals surface area contributed by atoms with Crippen molar-refractivity contribution in [1.29, 1.82) is 0 Å². The third kappa shape index (κ3) is 3.97. The van der Waals surface area contributed by atoms with E-state index >= 15 is 0 Å². The molecule has 1 aliphatic heterocycles. The summed E-state index contributed by atoms with van der Waals surface area (Å²) in [6, 6.07) is 9.50. The summed E-state index contributed by atoms with van der Waals surface area (Å²) in [4.78, 5) is 15.5. The second kappa shape index (κ2) is 6.94. The van der Waals surface area contributed by atoms with E-state index in [9.17, 15) is 4.79 Å². The van der Waals surface area contributed by atoms with Crippen LogP contribution < -0.4 is 5.32 Å². The van der Waals surface area contributed by atoms with E-state index in [0.29, 0.717) is 12.1 Å². The molecule has 1 saturated heterocycles. The largest absolute Gasteiger partial charge is 0.331 e. The lowest BCUT2D eigenvalue weighted by molar-refractivity contribution is 0.151. The Balaban J connectivity index is 1.86. The minimum absolute atomic E-state index is 0.125. The summed E-state index contributed by atoms with van der Waals surface area (Å²) in [5.74, 6) is 0. The van der Waals surface area contributed by atoms with Crippen LogP contribution in [0.25, 0.3) is 0 Å². The number of benzene rings is 1. The summed E-state index contributed by atoms with van der Waals surface area (Å²) >= 11 is 0. The Hall–Kier alpha value is -1.55. The van der Waals surface area contributed by atoms with Crippen LogP contribution >= 0.6 is 0 Å². The molecule has 1 N–H and O–H groups in total. The maximum atomic E-state index is 11.9. The number of amides is 2. The molecule has 116 valence electrons. The molecule has 1 aliphatic rings. The van der Waals surface area contributed by atoms with Crippen molar-refractivity contribution in [3.05, 3.63) is 35.4 Å². The zero-order chi connectivity index (χ0) is 15.4. The molecule has 0 radical (unpaired) electrons. The molecule has 2 rings (SSSR count). The molecule has 21 heavy (non-hydrogen) atoms. The van der Waals surface area contributed by atoms with Crippen LogP contribution in [0, 0.1) is 6.92 Å². The standard InChI is InChI=1S/C17H27N3O/c1-13-7-5-6-8-16(13)14(2)18-15-9-11-20(12-10-15)17(21)19(3)4/h5-8,14-15,18H,9-12H2,1-4H3. The van der Waals surface area contributed by atoms with Gasteiger partial charge in [-0.05, 0) is 37.8 Å². The molecular weight excluding hydrogens is 262 g/mol. The van der Waals surface area contributed by atoms with Gasteiger partial charge >= 0.3 is 6.03 Å². The number of aryl methyl sites for hydroxylation is 1. The third-order valence-corrected chi connectivity index (χ3v) is 4.29. The van der Waals surface area contributed by atoms with Crippen LogP contribution in [0.4, 0.5) is 4.79 Å². The summed E-state index contributed by atoms with van der Waals surface area (Å²) in [5.41, 5.74) is 2.70. The van der Waals surface area contributed by atoms with Gasteiger partial charge in [-0.25, -0.2) is 4.79 Å². The molecule has 0 aliphatic carbocycles. The van der Waals surface area contributed by atoms with Crippen LogP contribution in [-0.4, -0.2) is 49.1 Å². The zero-order valence-electron chi connectivity index (χ0n) is 13.6. The van der Waals surface area contributed by atoms with Gasteiger partial charge in [0.2, 0.25) is 0 Å². The summed E-state index contributed by atoms with van der Waals surface area (Å²) in [6.45, 7) is 6.07. The molecule has 4 nitrogen and oxygen atoms in total. The first kappa shape index (κ1) is 15.8. The highest BCUT2D eigenvalue weighted by Crippen LogP contribution is 2.20. The zero-order valence-corrected chi connectivity index (χ0v) is 13.6. The molecule has 0 bridgehead atoms. The minimum atomic E-state index is 0.125. The Bertz CT molecular complexity index is 479. The number of nitrogens with zero attached hydrogens (tertiary/aromatic N) is 2. The monoisotopic (exact) mass is 289 g/mol. The number of hydrogen-bond donors (Lipinski definition) is 1. The summed E-state index contributed by atoms with van der Waals surface area (Å²) < 4.78 is 0. The van der Waals surface area contributed by atoms with Crippen molar-refractivity contribution in [2.45, 2.75) is 38.8 Å². The first-order valence-corrected chi connectivity index (χ1v) is 7.77. The fraction of sp³-hybridized carbons (Fsp3) is 0.588. The van der Waals surface area contributed by atoms with Crippen molar-refractivity contribution < 1.29 is 4.79 Å². The molecule has 0 spiro atoms. The Morgan fingerprint density at radius 3 is 2.48 bits per heavy atom. The highest BCUT2D eigenvalue weighted by Gasteiger charge is 2.24. The molecule has 1 aromatic rings. The number of hydrogen-bond acceptors (Lipinski definition) is 2. The van der Waals surface area contributed by atoms with E-state index in [0.717, 1.165) is 25.9 Å². The summed E-state index contributed by atoms with van der Waals surface area (Å²) in [6.07, 6.45) is 2.05. The van der Waals surface area contributed by atoms with Crippen LogP contribution in [0.3, 0.4) is 0 Å². The van der Waals surface area contributed by atoms with E-state index < -0.39 is 0 Å². The Labute approximate surface area is 128 Å². The summed E-state index contributed by atoms with van der Waals surface area (Å²) in [5, 5.41) is 3.71. The number of urea groups is 1. The van der Waals surface area contributed by atoms with Crippen molar-refractivity contribution in [2.24, 2.45) is 0 Å². The van der Waals surface area contributed by atoms with Crippen LogP contribution in [0.5, 0.6) is 0 Å². The van der Waals surface area contributed by atoms with E-state index in [-0.39, 0.29) is 6.03 Å². The lowest BCUT2D eigenvalue weighted by Crippen LogP contribution is -2.48. The van der Waals surface area contributed by atoms with Crippen LogP contribution in [-0.2, 0) is 0 Å². The highest BCUT2D eigenvalue weighted by atomic mass is 16.2. The van der Waals surface area contributed by atoms with Crippen LogP contribution in [0.15, 0.2) is 24.3 Å². The van der Waals surface area contributed by atoms with Gasteiger partial charge in [0.15, 0.2) is 0 Å². The van der Waals surface area contributed by atoms with E-state index in [4.69, 9.17) is 0 Å². The number of nitrogens with one attached hydrogen (secondary N) is 1. The van der Waals surface area contributed by atoms with Gasteiger partial charge in [0.05, 0.1) is 0 Å². The van der Waals surface area contributed by atoms with Gasteiger partial charge in [-0.3, -0.25) is 0 Å².